The summed E-state index contributed by atoms with van der Waals surface area (Å²) >= 11 is 0. The van der Waals surface area contributed by atoms with E-state index in [4.69, 9.17) is 0 Å². The van der Waals surface area contributed by atoms with Crippen LogP contribution < -0.4 is 5.43 Å². The van der Waals surface area contributed by atoms with Crippen LogP contribution in [0.1, 0.15) is 0 Å². The molecule has 15 heavy (non-hydrogen) atoms. The van der Waals surface area contributed by atoms with Crippen LogP contribution in [0.2, 0.25) is 0 Å². The number of halogens is 5. The summed E-state index contributed by atoms with van der Waals surface area (Å²) in [7, 11) is 0. The summed E-state index contributed by atoms with van der Waals surface area (Å²) in [6, 6.07) is 0. The van der Waals surface area contributed by atoms with Crippen molar-refractivity contribution in [3.63, 3.8) is 0 Å². The van der Waals surface area contributed by atoms with E-state index in [2.05, 4.69) is 5.10 Å². The van der Waals surface area contributed by atoms with E-state index in [1.54, 1.807) is 0 Å². The third-order valence-electron chi connectivity index (χ3n) is 1.55. The zero-order chi connectivity index (χ0) is 11.9. The van der Waals surface area contributed by atoms with Gasteiger partial charge in [-0.2, -0.15) is 27.1 Å². The highest BCUT2D eigenvalue weighted by Gasteiger charge is 2.67. The number of nitrogens with zero attached hydrogens (tertiary/aromatic N) is 3. The molecule has 1 unspecified atom stereocenters. The summed E-state index contributed by atoms with van der Waals surface area (Å²) in [5, 5.41) is 11.0. The van der Waals surface area contributed by atoms with Crippen molar-refractivity contribution >= 4 is 6.34 Å². The number of hydrazone groups is 1. The minimum Gasteiger partial charge on any atom is -0.274 e. The molecule has 1 rings (SSSR count). The Labute approximate surface area is 78.5 Å². The molecule has 0 aromatic heterocycles. The average Bonchev–Trinajstić information content (AvgIpc) is 2.48. The first-order valence-corrected chi connectivity index (χ1v) is 3.34. The lowest BCUT2D eigenvalue weighted by Crippen LogP contribution is -2.59. The summed E-state index contributed by atoms with van der Waals surface area (Å²) in [6.45, 7) is 0. The van der Waals surface area contributed by atoms with Gasteiger partial charge in [-0.25, -0.2) is 10.1 Å². The molecule has 0 saturated heterocycles. The van der Waals surface area contributed by atoms with Crippen molar-refractivity contribution in [2.24, 2.45) is 5.10 Å². The van der Waals surface area contributed by atoms with Crippen molar-refractivity contribution < 1.29 is 27.0 Å². The second-order valence-corrected chi connectivity index (χ2v) is 2.51. The molecule has 0 aliphatic carbocycles. The van der Waals surface area contributed by atoms with Gasteiger partial charge >= 0.3 is 12.1 Å². The standard InChI is InChI=1S/C4H3F5N4O2/c5-3(6,4(7,8)9)2-11-10-1-12(2)13(14)15/h1-2,11H. The molecule has 1 atom stereocenters. The molecule has 0 saturated carbocycles. The van der Waals surface area contributed by atoms with Crippen LogP contribution in [-0.2, 0) is 0 Å². The van der Waals surface area contributed by atoms with Gasteiger partial charge in [0.25, 0.3) is 6.17 Å². The van der Waals surface area contributed by atoms with Gasteiger partial charge in [0.1, 0.15) is 0 Å². The minimum absolute atomic E-state index is 0.240. The lowest BCUT2D eigenvalue weighted by atomic mass is 10.2. The lowest BCUT2D eigenvalue weighted by molar-refractivity contribution is -0.642. The van der Waals surface area contributed by atoms with E-state index in [1.807, 2.05) is 0 Å². The average molecular weight is 234 g/mol. The number of hydrogen-bond acceptors (Lipinski definition) is 4. The molecule has 1 aliphatic rings. The fourth-order valence-corrected chi connectivity index (χ4v) is 0.828. The van der Waals surface area contributed by atoms with Gasteiger partial charge in [0, 0.05) is 0 Å². The van der Waals surface area contributed by atoms with Crippen LogP contribution in [-0.4, -0.2) is 34.6 Å². The maximum absolute atomic E-state index is 12.6. The highest BCUT2D eigenvalue weighted by Crippen LogP contribution is 2.39. The van der Waals surface area contributed by atoms with Crippen LogP contribution >= 0.6 is 0 Å². The van der Waals surface area contributed by atoms with Crippen LogP contribution in [0.15, 0.2) is 5.10 Å². The van der Waals surface area contributed by atoms with Crippen molar-refractivity contribution in [2.45, 2.75) is 18.3 Å². The Kier molecular flexibility index (Phi) is 2.41. The molecule has 0 fully saturated rings. The molecular formula is C4H3F5N4O2. The quantitative estimate of drug-likeness (QED) is 0.430. The Bertz CT molecular complexity index is 302. The fraction of sp³-hybridized carbons (Fsp3) is 0.750. The normalized spacial score (nSPS) is 21.7. The third kappa shape index (κ3) is 1.76. The largest absolute Gasteiger partial charge is 0.457 e. The highest BCUT2D eigenvalue weighted by atomic mass is 19.4. The van der Waals surface area contributed by atoms with E-state index < -0.39 is 28.3 Å². The van der Waals surface area contributed by atoms with Gasteiger partial charge in [-0.3, -0.25) is 5.43 Å². The van der Waals surface area contributed by atoms with Gasteiger partial charge in [0.15, 0.2) is 11.4 Å². The fourth-order valence-electron chi connectivity index (χ4n) is 0.828. The first kappa shape index (κ1) is 11.4. The molecule has 1 aliphatic heterocycles. The van der Waals surface area contributed by atoms with Crippen molar-refractivity contribution in [1.82, 2.24) is 10.4 Å². The molecule has 6 nitrogen and oxygen atoms in total. The molecule has 11 heteroatoms. The molecular weight excluding hydrogens is 231 g/mol. The molecule has 0 amide bonds. The molecule has 0 aromatic rings. The van der Waals surface area contributed by atoms with Crippen LogP contribution in [0, 0.1) is 10.1 Å². The number of nitrogens with one attached hydrogen (secondary N) is 1. The van der Waals surface area contributed by atoms with E-state index in [0.29, 0.717) is 0 Å². The van der Waals surface area contributed by atoms with Gasteiger partial charge < -0.3 is 0 Å². The predicted octanol–water partition coefficient (Wildman–Crippen LogP) is 0.550. The molecule has 1 heterocycles. The second kappa shape index (κ2) is 3.17. The van der Waals surface area contributed by atoms with Gasteiger partial charge in [-0.05, 0) is 0 Å². The van der Waals surface area contributed by atoms with Crippen LogP contribution in [0.4, 0.5) is 22.0 Å². The van der Waals surface area contributed by atoms with Gasteiger partial charge in [-0.15, -0.1) is 0 Å². The predicted molar refractivity (Wildman–Crippen MR) is 35.3 cm³/mol. The zero-order valence-electron chi connectivity index (χ0n) is 6.70. The molecule has 0 bridgehead atoms. The molecule has 0 aromatic carbocycles. The van der Waals surface area contributed by atoms with E-state index >= 15 is 0 Å². The first-order valence-electron chi connectivity index (χ1n) is 3.34. The highest BCUT2D eigenvalue weighted by molar-refractivity contribution is 5.55. The second-order valence-electron chi connectivity index (χ2n) is 2.51. The number of rotatable bonds is 2. The van der Waals surface area contributed by atoms with Crippen molar-refractivity contribution in [2.75, 3.05) is 0 Å². The van der Waals surface area contributed by atoms with Crippen molar-refractivity contribution in [3.05, 3.63) is 10.1 Å². The van der Waals surface area contributed by atoms with Gasteiger partial charge in [-0.1, -0.05) is 5.01 Å². The van der Waals surface area contributed by atoms with E-state index in [0.717, 1.165) is 0 Å². The summed E-state index contributed by atoms with van der Waals surface area (Å²) in [6.07, 6.45) is -8.52. The monoisotopic (exact) mass is 234 g/mol. The topological polar surface area (TPSA) is 70.8 Å². The Balaban J connectivity index is 2.94. The first-order chi connectivity index (χ1) is 6.68. The number of hydrazine groups is 1. The Morgan fingerprint density at radius 1 is 1.40 bits per heavy atom. The van der Waals surface area contributed by atoms with E-state index in [-0.39, 0.29) is 6.34 Å². The van der Waals surface area contributed by atoms with Crippen molar-refractivity contribution in [1.29, 1.82) is 0 Å². The lowest BCUT2D eigenvalue weighted by Gasteiger charge is -2.26. The summed E-state index contributed by atoms with van der Waals surface area (Å²) in [5.74, 6) is -5.28. The SMILES string of the molecule is O=[N+]([O-])N1C=NNC1C(F)(F)C(F)(F)F. The smallest absolute Gasteiger partial charge is 0.274 e. The van der Waals surface area contributed by atoms with Crippen LogP contribution in [0.3, 0.4) is 0 Å². The minimum atomic E-state index is -5.90. The van der Waals surface area contributed by atoms with E-state index in [1.165, 1.54) is 5.43 Å². The summed E-state index contributed by atoms with van der Waals surface area (Å²) in [4.78, 5) is 10.1. The Morgan fingerprint density at radius 3 is 2.33 bits per heavy atom. The van der Waals surface area contributed by atoms with Crippen LogP contribution in [0.5, 0.6) is 0 Å². The Morgan fingerprint density at radius 2 is 1.93 bits per heavy atom. The number of hydrogen-bond donors (Lipinski definition) is 1. The third-order valence-corrected chi connectivity index (χ3v) is 1.55. The van der Waals surface area contributed by atoms with Crippen molar-refractivity contribution in [3.8, 4) is 0 Å². The van der Waals surface area contributed by atoms with Gasteiger partial charge in [0.05, 0.1) is 0 Å². The Hall–Kier alpha value is -1.68. The maximum Gasteiger partial charge on any atom is 0.457 e. The maximum atomic E-state index is 12.6. The molecule has 86 valence electrons. The molecule has 0 spiro atoms. The van der Waals surface area contributed by atoms with Gasteiger partial charge in [0.2, 0.25) is 0 Å². The summed E-state index contributed by atoms with van der Waals surface area (Å²) in [5.41, 5.74) is 1.32. The van der Waals surface area contributed by atoms with Crippen LogP contribution in [0.25, 0.3) is 0 Å². The summed E-state index contributed by atoms with van der Waals surface area (Å²) < 4.78 is 60.7. The van der Waals surface area contributed by atoms with E-state index in [9.17, 15) is 32.1 Å². The zero-order valence-corrected chi connectivity index (χ0v) is 6.70. The molecule has 0 radical (unpaired) electrons. The molecule has 1 N–H and O–H groups in total. The number of alkyl halides is 5. The number of nitro groups is 1.